The average Bonchev–Trinajstić information content (AvgIpc) is 2.69. The van der Waals surface area contributed by atoms with Gasteiger partial charge in [0, 0.05) is 12.1 Å². The summed E-state index contributed by atoms with van der Waals surface area (Å²) >= 11 is 6.16. The van der Waals surface area contributed by atoms with E-state index in [1.54, 1.807) is 25.1 Å². The van der Waals surface area contributed by atoms with E-state index in [1.807, 2.05) is 0 Å². The van der Waals surface area contributed by atoms with Crippen LogP contribution in [0, 0.1) is 11.8 Å². The monoisotopic (exact) mass is 423 g/mol. The average molecular weight is 424 g/mol. The van der Waals surface area contributed by atoms with Crippen molar-refractivity contribution in [1.29, 1.82) is 0 Å². The molecule has 0 spiro atoms. The summed E-state index contributed by atoms with van der Waals surface area (Å²) in [6.45, 7) is 5.94. The highest BCUT2D eigenvalue weighted by atomic mass is 35.5. The fourth-order valence-electron chi connectivity index (χ4n) is 3.55. The van der Waals surface area contributed by atoms with Gasteiger partial charge in [-0.3, -0.25) is 4.79 Å². The number of methoxy groups -OCH3 is 2. The number of halogens is 1. The van der Waals surface area contributed by atoms with Crippen LogP contribution in [0.4, 0.5) is 0 Å². The third-order valence-electron chi connectivity index (χ3n) is 5.56. The molecule has 1 N–H and O–H groups in total. The lowest BCUT2D eigenvalue weighted by molar-refractivity contribution is -0.150. The molecule has 29 heavy (non-hydrogen) atoms. The predicted octanol–water partition coefficient (Wildman–Crippen LogP) is 4.24. The summed E-state index contributed by atoms with van der Waals surface area (Å²) in [5.41, 5.74) is 0.645. The summed E-state index contributed by atoms with van der Waals surface area (Å²) in [6.07, 6.45) is 5.17. The Kier molecular flexibility index (Phi) is 8.38. The highest BCUT2D eigenvalue weighted by Crippen LogP contribution is 2.36. The van der Waals surface area contributed by atoms with Crippen molar-refractivity contribution in [1.82, 2.24) is 5.32 Å². The zero-order valence-corrected chi connectivity index (χ0v) is 18.4. The van der Waals surface area contributed by atoms with E-state index in [0.29, 0.717) is 33.9 Å². The zero-order valence-electron chi connectivity index (χ0n) is 17.7. The summed E-state index contributed by atoms with van der Waals surface area (Å²) in [4.78, 5) is 24.5. The van der Waals surface area contributed by atoms with Gasteiger partial charge in [0.25, 0.3) is 5.91 Å². The molecule has 4 atom stereocenters. The first-order chi connectivity index (χ1) is 13.8. The molecule has 1 fully saturated rings. The lowest BCUT2D eigenvalue weighted by Gasteiger charge is -2.35. The number of benzene rings is 1. The van der Waals surface area contributed by atoms with Gasteiger partial charge in [-0.15, -0.1) is 0 Å². The molecule has 2 rings (SSSR count). The number of esters is 1. The second kappa shape index (κ2) is 10.5. The minimum atomic E-state index is -0.870. The van der Waals surface area contributed by atoms with Gasteiger partial charge < -0.3 is 19.5 Å². The Balaban J connectivity index is 1.94. The van der Waals surface area contributed by atoms with Crippen LogP contribution < -0.4 is 14.8 Å². The van der Waals surface area contributed by atoms with Gasteiger partial charge in [0.05, 0.1) is 19.2 Å². The number of hydrogen-bond acceptors (Lipinski definition) is 5. The Hall–Kier alpha value is -2.21. The van der Waals surface area contributed by atoms with Gasteiger partial charge in [0.1, 0.15) is 0 Å². The van der Waals surface area contributed by atoms with Crippen LogP contribution >= 0.6 is 11.6 Å². The van der Waals surface area contributed by atoms with Crippen LogP contribution in [0.5, 0.6) is 11.5 Å². The van der Waals surface area contributed by atoms with Crippen LogP contribution in [0.2, 0.25) is 5.02 Å². The largest absolute Gasteiger partial charge is 0.493 e. The Labute approximate surface area is 177 Å². The Bertz CT molecular complexity index is 764. The quantitative estimate of drug-likeness (QED) is 0.524. The molecule has 0 unspecified atom stereocenters. The molecule has 0 radical (unpaired) electrons. The summed E-state index contributed by atoms with van der Waals surface area (Å²) in [6, 6.07) is 3.46. The van der Waals surface area contributed by atoms with Crippen molar-refractivity contribution in [3.8, 4) is 11.5 Å². The van der Waals surface area contributed by atoms with E-state index >= 15 is 0 Å². The molecule has 0 aromatic heterocycles. The highest BCUT2D eigenvalue weighted by Gasteiger charge is 2.29. The number of hydrogen-bond donors (Lipinski definition) is 1. The molecule has 1 aliphatic rings. The van der Waals surface area contributed by atoms with Gasteiger partial charge in [-0.2, -0.15) is 0 Å². The lowest BCUT2D eigenvalue weighted by atomic mass is 9.78. The summed E-state index contributed by atoms with van der Waals surface area (Å²) in [7, 11) is 3.00. The van der Waals surface area contributed by atoms with Crippen molar-refractivity contribution < 1.29 is 23.8 Å². The molecule has 1 amide bonds. The molecule has 0 heterocycles. The predicted molar refractivity (Wildman–Crippen MR) is 113 cm³/mol. The van der Waals surface area contributed by atoms with Gasteiger partial charge in [0.2, 0.25) is 0 Å². The van der Waals surface area contributed by atoms with E-state index in [0.717, 1.165) is 12.8 Å². The number of carbonyl (C=O) groups excluding carboxylic acids is 2. The van der Waals surface area contributed by atoms with Crippen molar-refractivity contribution in [2.75, 3.05) is 14.2 Å². The molecular weight excluding hydrogens is 394 g/mol. The van der Waals surface area contributed by atoms with Gasteiger partial charge in [-0.1, -0.05) is 38.3 Å². The van der Waals surface area contributed by atoms with E-state index < -0.39 is 12.1 Å². The molecule has 6 nitrogen and oxygen atoms in total. The molecule has 160 valence electrons. The number of ether oxygens (including phenoxy) is 3. The van der Waals surface area contributed by atoms with Crippen LogP contribution in [0.1, 0.15) is 45.6 Å². The number of nitrogens with one attached hydrogen (secondary N) is 1. The number of carbonyl (C=O) groups is 2. The lowest BCUT2D eigenvalue weighted by Crippen LogP contribution is -2.47. The third-order valence-corrected chi connectivity index (χ3v) is 5.85. The van der Waals surface area contributed by atoms with Crippen molar-refractivity contribution in [2.24, 2.45) is 11.8 Å². The minimum absolute atomic E-state index is 0.122. The number of rotatable bonds is 7. The van der Waals surface area contributed by atoms with E-state index in [4.69, 9.17) is 25.8 Å². The van der Waals surface area contributed by atoms with Gasteiger partial charge in [-0.05, 0) is 49.0 Å². The first-order valence-corrected chi connectivity index (χ1v) is 10.2. The van der Waals surface area contributed by atoms with E-state index in [-0.39, 0.29) is 11.9 Å². The Morgan fingerprint density at radius 2 is 1.93 bits per heavy atom. The van der Waals surface area contributed by atoms with Crippen LogP contribution in [-0.2, 0) is 14.3 Å². The van der Waals surface area contributed by atoms with Gasteiger partial charge in [-0.25, -0.2) is 4.79 Å². The van der Waals surface area contributed by atoms with Crippen LogP contribution in [0.3, 0.4) is 0 Å². The summed E-state index contributed by atoms with van der Waals surface area (Å²) < 4.78 is 15.7. The normalized spacial score (nSPS) is 22.8. The third kappa shape index (κ3) is 6.13. The molecule has 0 bridgehead atoms. The standard InChI is InChI=1S/C22H30ClNO5/c1-13-7-6-8-18(14(13)2)24-22(26)15(3)29-20(25)10-9-16-11-17(23)21(28-5)19(12-16)27-4/h9-15,18H,6-8H2,1-5H3,(H,24,26)/b10-9+/t13-,14-,15-,18-/m1/s1. The van der Waals surface area contributed by atoms with E-state index in [2.05, 4.69) is 19.2 Å². The maximum atomic E-state index is 12.4. The van der Waals surface area contributed by atoms with Crippen molar-refractivity contribution >= 4 is 29.6 Å². The molecular formula is C22H30ClNO5. The molecule has 1 aliphatic carbocycles. The summed E-state index contributed by atoms with van der Waals surface area (Å²) in [5, 5.41) is 3.39. The van der Waals surface area contributed by atoms with Crippen LogP contribution in [0.15, 0.2) is 18.2 Å². The highest BCUT2D eigenvalue weighted by molar-refractivity contribution is 6.32. The smallest absolute Gasteiger partial charge is 0.331 e. The topological polar surface area (TPSA) is 73.9 Å². The van der Waals surface area contributed by atoms with Gasteiger partial charge >= 0.3 is 5.97 Å². The maximum absolute atomic E-state index is 12.4. The Morgan fingerprint density at radius 1 is 1.21 bits per heavy atom. The summed E-state index contributed by atoms with van der Waals surface area (Å²) in [5.74, 6) is 0.978. The molecule has 1 aromatic carbocycles. The molecule has 0 saturated heterocycles. The van der Waals surface area contributed by atoms with Crippen molar-refractivity contribution in [3.05, 3.63) is 28.8 Å². The van der Waals surface area contributed by atoms with Crippen molar-refractivity contribution in [3.63, 3.8) is 0 Å². The fourth-order valence-corrected chi connectivity index (χ4v) is 3.85. The van der Waals surface area contributed by atoms with Crippen molar-refractivity contribution in [2.45, 2.75) is 52.2 Å². The zero-order chi connectivity index (χ0) is 21.6. The molecule has 0 aliphatic heterocycles. The first-order valence-electron chi connectivity index (χ1n) is 9.87. The van der Waals surface area contributed by atoms with Crippen LogP contribution in [-0.4, -0.2) is 38.2 Å². The maximum Gasteiger partial charge on any atom is 0.331 e. The molecule has 1 aromatic rings. The molecule has 7 heteroatoms. The Morgan fingerprint density at radius 3 is 2.59 bits per heavy atom. The number of amides is 1. The SMILES string of the molecule is COc1cc(/C=C/C(=O)O[C@H](C)C(=O)N[C@@H]2CCC[C@@H](C)[C@H]2C)cc(Cl)c1OC. The van der Waals surface area contributed by atoms with E-state index in [9.17, 15) is 9.59 Å². The van der Waals surface area contributed by atoms with E-state index in [1.165, 1.54) is 26.7 Å². The van der Waals surface area contributed by atoms with Crippen LogP contribution in [0.25, 0.3) is 6.08 Å². The van der Waals surface area contributed by atoms with Gasteiger partial charge in [0.15, 0.2) is 17.6 Å². The fraction of sp³-hybridized carbons (Fsp3) is 0.545. The first kappa shape index (κ1) is 23.1. The molecule has 1 saturated carbocycles. The second-order valence-electron chi connectivity index (χ2n) is 7.53. The minimum Gasteiger partial charge on any atom is -0.493 e. The second-order valence-corrected chi connectivity index (χ2v) is 7.94.